The number of benzene rings is 1. The summed E-state index contributed by atoms with van der Waals surface area (Å²) >= 11 is 8.03. The van der Waals surface area contributed by atoms with Gasteiger partial charge in [0.25, 0.3) is 0 Å². The van der Waals surface area contributed by atoms with E-state index in [1.165, 1.54) is 0 Å². The minimum Gasteiger partial charge on any atom is -0.392 e. The normalized spacial score (nSPS) is 13.1. The molecule has 0 saturated carbocycles. The van der Waals surface area contributed by atoms with Crippen molar-refractivity contribution < 1.29 is 8.42 Å². The lowest BCUT2D eigenvalue weighted by Gasteiger charge is -2.15. The predicted molar refractivity (Wildman–Crippen MR) is 77.5 cm³/mol. The number of thiocarbonyl (C=S) groups is 1. The van der Waals surface area contributed by atoms with Crippen molar-refractivity contribution in [2.24, 2.45) is 5.73 Å². The molecule has 94 valence electrons. The molecule has 1 aromatic rings. The van der Waals surface area contributed by atoms with Crippen molar-refractivity contribution in [3.05, 3.63) is 28.7 Å². The van der Waals surface area contributed by atoms with Crippen molar-refractivity contribution >= 4 is 48.8 Å². The third kappa shape index (κ3) is 3.93. The fourth-order valence-electron chi connectivity index (χ4n) is 1.33. The molecule has 0 saturated heterocycles. The molecule has 7 heteroatoms. The molecule has 0 radical (unpaired) electrons. The van der Waals surface area contributed by atoms with Gasteiger partial charge in [0.1, 0.15) is 5.25 Å². The minimum atomic E-state index is -3.57. The Bertz CT molecular complexity index is 500. The molecule has 1 rings (SSSR count). The highest BCUT2D eigenvalue weighted by Crippen LogP contribution is 2.17. The second-order valence-electron chi connectivity index (χ2n) is 3.45. The molecule has 0 fully saturated rings. The van der Waals surface area contributed by atoms with Gasteiger partial charge in [-0.05, 0) is 30.7 Å². The van der Waals surface area contributed by atoms with Crippen LogP contribution in [0.4, 0.5) is 5.69 Å². The zero-order valence-corrected chi connectivity index (χ0v) is 12.4. The van der Waals surface area contributed by atoms with Crippen LogP contribution >= 0.6 is 28.1 Å². The van der Waals surface area contributed by atoms with Crippen molar-refractivity contribution in [3.8, 4) is 0 Å². The second-order valence-corrected chi connectivity index (χ2v) is 6.70. The maximum atomic E-state index is 12.0. The molecule has 17 heavy (non-hydrogen) atoms. The second kappa shape index (κ2) is 5.79. The van der Waals surface area contributed by atoms with Gasteiger partial charge in [0.15, 0.2) is 0 Å². The van der Waals surface area contributed by atoms with E-state index in [2.05, 4.69) is 20.7 Å². The first kappa shape index (κ1) is 14.4. The van der Waals surface area contributed by atoms with Crippen LogP contribution in [0.3, 0.4) is 0 Å². The molecule has 3 N–H and O–H groups in total. The summed E-state index contributed by atoms with van der Waals surface area (Å²) in [6.07, 6.45) is 0.348. The van der Waals surface area contributed by atoms with Gasteiger partial charge in [-0.3, -0.25) is 4.72 Å². The number of halogens is 1. The van der Waals surface area contributed by atoms with E-state index < -0.39 is 15.3 Å². The summed E-state index contributed by atoms with van der Waals surface area (Å²) in [6, 6.07) is 6.82. The van der Waals surface area contributed by atoms with E-state index in [-0.39, 0.29) is 4.99 Å². The van der Waals surface area contributed by atoms with Gasteiger partial charge in [-0.15, -0.1) is 0 Å². The first-order valence-corrected chi connectivity index (χ1v) is 7.68. The zero-order valence-electron chi connectivity index (χ0n) is 9.18. The molecule has 1 unspecified atom stereocenters. The highest BCUT2D eigenvalue weighted by Gasteiger charge is 2.26. The van der Waals surface area contributed by atoms with E-state index in [1.807, 2.05) is 0 Å². The number of rotatable bonds is 5. The van der Waals surface area contributed by atoms with Gasteiger partial charge < -0.3 is 5.73 Å². The maximum absolute atomic E-state index is 12.0. The molecule has 1 aromatic carbocycles. The summed E-state index contributed by atoms with van der Waals surface area (Å²) in [5, 5.41) is -0.846. The summed E-state index contributed by atoms with van der Waals surface area (Å²) < 4.78 is 27.3. The van der Waals surface area contributed by atoms with Crippen molar-refractivity contribution in [2.75, 3.05) is 4.72 Å². The smallest absolute Gasteiger partial charge is 0.242 e. The quantitative estimate of drug-likeness (QED) is 0.809. The third-order valence-electron chi connectivity index (χ3n) is 2.17. The molecule has 1 atom stereocenters. The van der Waals surface area contributed by atoms with Crippen molar-refractivity contribution in [1.29, 1.82) is 0 Å². The van der Waals surface area contributed by atoms with Gasteiger partial charge in [-0.2, -0.15) is 0 Å². The first-order valence-electron chi connectivity index (χ1n) is 4.93. The third-order valence-corrected chi connectivity index (χ3v) is 4.99. The first-order chi connectivity index (χ1) is 7.86. The van der Waals surface area contributed by atoms with Gasteiger partial charge in [0.05, 0.1) is 4.99 Å². The molecule has 4 nitrogen and oxygen atoms in total. The Labute approximate surface area is 115 Å². The molecule has 0 aromatic heterocycles. The summed E-state index contributed by atoms with van der Waals surface area (Å²) in [7, 11) is -3.57. The summed E-state index contributed by atoms with van der Waals surface area (Å²) in [5.41, 5.74) is 5.90. The lowest BCUT2D eigenvalue weighted by molar-refractivity contribution is 0.594. The van der Waals surface area contributed by atoms with Gasteiger partial charge in [-0.25, -0.2) is 8.42 Å². The molecular weight excluding hydrogens is 324 g/mol. The SMILES string of the molecule is CCC(C(N)=S)S(=O)(=O)Nc1ccc(Br)cc1. The van der Waals surface area contributed by atoms with Gasteiger partial charge in [0.2, 0.25) is 10.0 Å². The topological polar surface area (TPSA) is 72.2 Å². The Morgan fingerprint density at radius 2 is 2.00 bits per heavy atom. The van der Waals surface area contributed by atoms with Crippen LogP contribution in [0.15, 0.2) is 28.7 Å². The lowest BCUT2D eigenvalue weighted by atomic mass is 10.3. The lowest BCUT2D eigenvalue weighted by Crippen LogP contribution is -2.37. The van der Waals surface area contributed by atoms with E-state index in [1.54, 1.807) is 31.2 Å². The largest absolute Gasteiger partial charge is 0.392 e. The van der Waals surface area contributed by atoms with Crippen LogP contribution in [-0.4, -0.2) is 18.7 Å². The number of hydrogen-bond acceptors (Lipinski definition) is 3. The highest BCUT2D eigenvalue weighted by atomic mass is 79.9. The minimum absolute atomic E-state index is 0.0166. The number of sulfonamides is 1. The molecule has 0 spiro atoms. The summed E-state index contributed by atoms with van der Waals surface area (Å²) in [4.78, 5) is -0.0166. The molecule has 0 aliphatic rings. The van der Waals surface area contributed by atoms with E-state index in [0.717, 1.165) is 4.47 Å². The Hall–Kier alpha value is -0.660. The molecule has 0 aliphatic heterocycles. The maximum Gasteiger partial charge on any atom is 0.242 e. The summed E-state index contributed by atoms with van der Waals surface area (Å²) in [6.45, 7) is 1.73. The van der Waals surface area contributed by atoms with Crippen LogP contribution in [-0.2, 0) is 10.0 Å². The Morgan fingerprint density at radius 3 is 2.41 bits per heavy atom. The monoisotopic (exact) mass is 336 g/mol. The molecule has 0 heterocycles. The Kier molecular flexibility index (Phi) is 4.91. The Balaban J connectivity index is 2.93. The van der Waals surface area contributed by atoms with E-state index in [0.29, 0.717) is 12.1 Å². The standard InChI is InChI=1S/C10H13BrN2O2S2/c1-2-9(10(12)16)17(14,15)13-8-5-3-7(11)4-6-8/h3-6,9,13H,2H2,1H3,(H2,12,16). The van der Waals surface area contributed by atoms with Crippen LogP contribution in [0.2, 0.25) is 0 Å². The number of nitrogens with one attached hydrogen (secondary N) is 1. The Morgan fingerprint density at radius 1 is 1.47 bits per heavy atom. The summed E-state index contributed by atoms with van der Waals surface area (Å²) in [5.74, 6) is 0. The number of anilines is 1. The van der Waals surface area contributed by atoms with Crippen LogP contribution in [0.25, 0.3) is 0 Å². The van der Waals surface area contributed by atoms with Crippen molar-refractivity contribution in [1.82, 2.24) is 0 Å². The molecule has 0 aliphatic carbocycles. The van der Waals surface area contributed by atoms with Gasteiger partial charge in [0, 0.05) is 10.2 Å². The van der Waals surface area contributed by atoms with Crippen molar-refractivity contribution in [3.63, 3.8) is 0 Å². The van der Waals surface area contributed by atoms with Crippen LogP contribution < -0.4 is 10.5 Å². The molecular formula is C10H13BrN2O2S2. The molecule has 0 amide bonds. The zero-order chi connectivity index (χ0) is 13.1. The van der Waals surface area contributed by atoms with E-state index in [4.69, 9.17) is 18.0 Å². The van der Waals surface area contributed by atoms with Crippen LogP contribution in [0, 0.1) is 0 Å². The number of nitrogens with two attached hydrogens (primary N) is 1. The van der Waals surface area contributed by atoms with Gasteiger partial charge in [-0.1, -0.05) is 35.1 Å². The van der Waals surface area contributed by atoms with E-state index >= 15 is 0 Å². The van der Waals surface area contributed by atoms with Crippen molar-refractivity contribution in [2.45, 2.75) is 18.6 Å². The number of hydrogen-bond donors (Lipinski definition) is 2. The fourth-order valence-corrected chi connectivity index (χ4v) is 3.49. The fraction of sp³-hybridized carbons (Fsp3) is 0.300. The predicted octanol–water partition coefficient (Wildman–Crippen LogP) is 2.26. The average molecular weight is 337 g/mol. The van der Waals surface area contributed by atoms with Crippen LogP contribution in [0.5, 0.6) is 0 Å². The highest BCUT2D eigenvalue weighted by molar-refractivity contribution is 9.10. The van der Waals surface area contributed by atoms with E-state index in [9.17, 15) is 8.42 Å². The van der Waals surface area contributed by atoms with Gasteiger partial charge >= 0.3 is 0 Å². The average Bonchev–Trinajstić information content (AvgIpc) is 2.21. The van der Waals surface area contributed by atoms with Crippen LogP contribution in [0.1, 0.15) is 13.3 Å². The molecule has 0 bridgehead atoms.